The molecule has 0 saturated heterocycles. The monoisotopic (exact) mass is 323 g/mol. The van der Waals surface area contributed by atoms with Crippen LogP contribution in [0.2, 0.25) is 0 Å². The molecule has 0 radical (unpaired) electrons. The Morgan fingerprint density at radius 2 is 2.05 bits per heavy atom. The highest BCUT2D eigenvalue weighted by Gasteiger charge is 2.15. The van der Waals surface area contributed by atoms with E-state index >= 15 is 0 Å². The molecule has 1 heterocycles. The van der Waals surface area contributed by atoms with E-state index in [2.05, 4.69) is 10.3 Å². The lowest BCUT2D eigenvalue weighted by Crippen LogP contribution is -2.19. The standard InChI is InChI=1S/C14H17N3O4S/c1-10(6-8-22(2,20)21)16-13-3-4-14(17(18)19)12-9-15-7-5-11(12)13/h3-5,7,9-10,16H,6,8H2,1-2H3. The molecule has 2 aromatic rings. The molecule has 1 aromatic heterocycles. The second-order valence-corrected chi connectivity index (χ2v) is 7.53. The number of benzene rings is 1. The van der Waals surface area contributed by atoms with Crippen molar-refractivity contribution in [1.29, 1.82) is 0 Å². The minimum absolute atomic E-state index is 0.00237. The Labute approximate surface area is 128 Å². The normalized spacial score (nSPS) is 13.0. The van der Waals surface area contributed by atoms with Crippen LogP contribution in [0.4, 0.5) is 11.4 Å². The highest BCUT2D eigenvalue weighted by Crippen LogP contribution is 2.31. The van der Waals surface area contributed by atoms with Gasteiger partial charge in [0.25, 0.3) is 5.69 Å². The molecule has 0 aliphatic rings. The first kappa shape index (κ1) is 16.2. The molecule has 0 saturated carbocycles. The van der Waals surface area contributed by atoms with Crippen molar-refractivity contribution in [2.75, 3.05) is 17.3 Å². The van der Waals surface area contributed by atoms with Crippen molar-refractivity contribution in [2.24, 2.45) is 0 Å². The summed E-state index contributed by atoms with van der Waals surface area (Å²) in [6, 6.07) is 4.69. The zero-order valence-corrected chi connectivity index (χ0v) is 13.1. The van der Waals surface area contributed by atoms with Gasteiger partial charge in [0.2, 0.25) is 0 Å². The number of anilines is 1. The molecule has 0 aliphatic heterocycles. The lowest BCUT2D eigenvalue weighted by Gasteiger charge is -2.16. The van der Waals surface area contributed by atoms with Crippen molar-refractivity contribution in [1.82, 2.24) is 4.98 Å². The van der Waals surface area contributed by atoms with E-state index in [-0.39, 0.29) is 17.5 Å². The number of fused-ring (bicyclic) bond motifs is 1. The molecule has 1 unspecified atom stereocenters. The van der Waals surface area contributed by atoms with E-state index in [9.17, 15) is 18.5 Å². The van der Waals surface area contributed by atoms with Crippen LogP contribution in [0.15, 0.2) is 30.6 Å². The van der Waals surface area contributed by atoms with Crippen molar-refractivity contribution >= 4 is 32.0 Å². The number of pyridine rings is 1. The van der Waals surface area contributed by atoms with Gasteiger partial charge in [-0.3, -0.25) is 15.1 Å². The van der Waals surface area contributed by atoms with Crippen molar-refractivity contribution in [2.45, 2.75) is 19.4 Å². The van der Waals surface area contributed by atoms with Crippen LogP contribution in [0.3, 0.4) is 0 Å². The number of nitrogens with zero attached hydrogens (tertiary/aromatic N) is 2. The molecule has 1 aromatic carbocycles. The highest BCUT2D eigenvalue weighted by molar-refractivity contribution is 7.90. The van der Waals surface area contributed by atoms with Gasteiger partial charge in [-0.05, 0) is 25.5 Å². The molecule has 0 aliphatic carbocycles. The average Bonchev–Trinajstić information content (AvgIpc) is 2.44. The number of sulfone groups is 1. The molecule has 0 bridgehead atoms. The summed E-state index contributed by atoms with van der Waals surface area (Å²) in [7, 11) is -3.01. The number of hydrogen-bond acceptors (Lipinski definition) is 6. The van der Waals surface area contributed by atoms with E-state index in [0.29, 0.717) is 17.2 Å². The Balaban J connectivity index is 2.29. The minimum Gasteiger partial charge on any atom is -0.382 e. The van der Waals surface area contributed by atoms with E-state index in [0.717, 1.165) is 5.69 Å². The predicted octanol–water partition coefficient (Wildman–Crippen LogP) is 2.38. The SMILES string of the molecule is CC(CCS(C)(=O)=O)Nc1ccc([N+](=O)[O-])c2cnccc12. The zero-order valence-electron chi connectivity index (χ0n) is 12.3. The number of nitrogens with one attached hydrogen (secondary N) is 1. The van der Waals surface area contributed by atoms with Gasteiger partial charge in [-0.2, -0.15) is 0 Å². The summed E-state index contributed by atoms with van der Waals surface area (Å²) in [5.41, 5.74) is 0.724. The third-order valence-electron chi connectivity index (χ3n) is 3.32. The maximum atomic E-state index is 11.2. The van der Waals surface area contributed by atoms with Gasteiger partial charge in [-0.25, -0.2) is 8.42 Å². The maximum absolute atomic E-state index is 11.2. The topological polar surface area (TPSA) is 102 Å². The maximum Gasteiger partial charge on any atom is 0.278 e. The first-order valence-electron chi connectivity index (χ1n) is 6.73. The quantitative estimate of drug-likeness (QED) is 0.647. The van der Waals surface area contributed by atoms with Gasteiger partial charge >= 0.3 is 0 Å². The van der Waals surface area contributed by atoms with Crippen LogP contribution in [-0.2, 0) is 9.84 Å². The van der Waals surface area contributed by atoms with Crippen LogP contribution in [-0.4, -0.2) is 36.4 Å². The van der Waals surface area contributed by atoms with Crippen LogP contribution in [0, 0.1) is 10.1 Å². The smallest absolute Gasteiger partial charge is 0.278 e. The van der Waals surface area contributed by atoms with E-state index in [4.69, 9.17) is 0 Å². The number of rotatable bonds is 6. The molecule has 7 nitrogen and oxygen atoms in total. The molecule has 1 atom stereocenters. The van der Waals surface area contributed by atoms with Gasteiger partial charge in [0, 0.05) is 41.8 Å². The van der Waals surface area contributed by atoms with E-state index in [1.54, 1.807) is 18.3 Å². The summed E-state index contributed by atoms with van der Waals surface area (Å²) < 4.78 is 22.4. The van der Waals surface area contributed by atoms with Crippen molar-refractivity contribution in [3.05, 3.63) is 40.7 Å². The van der Waals surface area contributed by atoms with Crippen molar-refractivity contribution in [3.63, 3.8) is 0 Å². The Bertz CT molecular complexity index is 805. The number of hydrogen-bond donors (Lipinski definition) is 1. The molecular weight excluding hydrogens is 306 g/mol. The Hall–Kier alpha value is -2.22. The Morgan fingerprint density at radius 1 is 1.32 bits per heavy atom. The molecule has 2 rings (SSSR count). The minimum atomic E-state index is -3.01. The van der Waals surface area contributed by atoms with Crippen LogP contribution in [0.25, 0.3) is 10.8 Å². The van der Waals surface area contributed by atoms with Crippen LogP contribution in [0.5, 0.6) is 0 Å². The van der Waals surface area contributed by atoms with Gasteiger partial charge in [-0.1, -0.05) is 0 Å². The van der Waals surface area contributed by atoms with Gasteiger partial charge in [0.1, 0.15) is 9.84 Å². The van der Waals surface area contributed by atoms with Gasteiger partial charge in [0.15, 0.2) is 0 Å². The third-order valence-corrected chi connectivity index (χ3v) is 4.29. The summed E-state index contributed by atoms with van der Waals surface area (Å²) in [6.07, 6.45) is 4.69. The molecule has 1 N–H and O–H groups in total. The van der Waals surface area contributed by atoms with E-state index < -0.39 is 14.8 Å². The molecule has 22 heavy (non-hydrogen) atoms. The zero-order chi connectivity index (χ0) is 16.3. The van der Waals surface area contributed by atoms with Crippen LogP contribution < -0.4 is 5.32 Å². The number of non-ortho nitro benzene ring substituents is 1. The summed E-state index contributed by atoms with van der Waals surface area (Å²) >= 11 is 0. The second kappa shape index (κ2) is 6.27. The summed E-state index contributed by atoms with van der Waals surface area (Å²) in [6.45, 7) is 1.87. The summed E-state index contributed by atoms with van der Waals surface area (Å²) in [5.74, 6) is 0.0909. The molecule has 0 amide bonds. The fourth-order valence-electron chi connectivity index (χ4n) is 2.19. The molecular formula is C14H17N3O4S. The van der Waals surface area contributed by atoms with Gasteiger partial charge in [-0.15, -0.1) is 0 Å². The lowest BCUT2D eigenvalue weighted by atomic mass is 10.1. The van der Waals surface area contributed by atoms with Crippen molar-refractivity contribution < 1.29 is 13.3 Å². The fourth-order valence-corrected chi connectivity index (χ4v) is 2.97. The number of aromatic nitrogens is 1. The molecule has 0 fully saturated rings. The number of nitro benzene ring substituents is 1. The fraction of sp³-hybridized carbons (Fsp3) is 0.357. The van der Waals surface area contributed by atoms with Crippen molar-refractivity contribution in [3.8, 4) is 0 Å². The van der Waals surface area contributed by atoms with E-state index in [1.807, 2.05) is 6.92 Å². The summed E-state index contributed by atoms with van der Waals surface area (Å²) in [5, 5.41) is 15.4. The highest BCUT2D eigenvalue weighted by atomic mass is 32.2. The summed E-state index contributed by atoms with van der Waals surface area (Å²) in [4.78, 5) is 14.5. The molecule has 0 spiro atoms. The number of nitro groups is 1. The Morgan fingerprint density at radius 3 is 2.68 bits per heavy atom. The average molecular weight is 323 g/mol. The third kappa shape index (κ3) is 3.91. The van der Waals surface area contributed by atoms with Crippen LogP contribution >= 0.6 is 0 Å². The van der Waals surface area contributed by atoms with Gasteiger partial charge < -0.3 is 5.32 Å². The Kier molecular flexibility index (Phi) is 4.60. The second-order valence-electron chi connectivity index (χ2n) is 5.27. The van der Waals surface area contributed by atoms with Gasteiger partial charge in [0.05, 0.1) is 16.1 Å². The van der Waals surface area contributed by atoms with E-state index in [1.165, 1.54) is 18.5 Å². The van der Waals surface area contributed by atoms with Crippen LogP contribution in [0.1, 0.15) is 13.3 Å². The molecule has 118 valence electrons. The molecule has 8 heteroatoms. The first-order valence-corrected chi connectivity index (χ1v) is 8.79. The predicted molar refractivity (Wildman–Crippen MR) is 85.8 cm³/mol. The largest absolute Gasteiger partial charge is 0.382 e. The lowest BCUT2D eigenvalue weighted by molar-refractivity contribution is -0.383. The first-order chi connectivity index (χ1) is 10.3.